The number of rotatable bonds is 9. The maximum Gasteiger partial charge on any atom is 0.407 e. The van der Waals surface area contributed by atoms with E-state index in [-0.39, 0.29) is 30.2 Å². The molecule has 61 heavy (non-hydrogen) atoms. The number of piperidine rings is 2. The van der Waals surface area contributed by atoms with E-state index in [0.29, 0.717) is 55.0 Å². The number of carbonyl (C=O) groups is 5. The van der Waals surface area contributed by atoms with Gasteiger partial charge >= 0.3 is 6.18 Å². The third-order valence-corrected chi connectivity index (χ3v) is 13.0. The van der Waals surface area contributed by atoms with Crippen LogP contribution in [-0.4, -0.2) is 133 Å². The number of hydrogen-bond acceptors (Lipinski definition) is 11. The molecule has 18 heteroatoms. The first-order valence-corrected chi connectivity index (χ1v) is 20.8. The first-order valence-electron chi connectivity index (χ1n) is 20.8. The largest absolute Gasteiger partial charge is 0.407 e. The molecule has 6 aliphatic rings. The molecule has 0 bridgehead atoms. The summed E-state index contributed by atoms with van der Waals surface area (Å²) in [6, 6.07) is 12.2. The molecule has 0 saturated carbocycles. The van der Waals surface area contributed by atoms with Crippen molar-refractivity contribution in [3.8, 4) is 0 Å². The van der Waals surface area contributed by atoms with Crippen LogP contribution >= 0.6 is 0 Å². The van der Waals surface area contributed by atoms with E-state index in [4.69, 9.17) is 6.57 Å². The Hall–Kier alpha value is -6.06. The second kappa shape index (κ2) is 16.1. The van der Waals surface area contributed by atoms with Crippen LogP contribution in [0.5, 0.6) is 0 Å². The average Bonchev–Trinajstić information content (AvgIpc) is 3.46. The van der Waals surface area contributed by atoms with Crippen molar-refractivity contribution >= 4 is 58.1 Å². The number of halogens is 3. The Morgan fingerprint density at radius 1 is 0.803 bits per heavy atom. The predicted molar refractivity (Wildman–Crippen MR) is 218 cm³/mol. The van der Waals surface area contributed by atoms with Gasteiger partial charge in [-0.2, -0.15) is 13.2 Å². The zero-order chi connectivity index (χ0) is 42.6. The van der Waals surface area contributed by atoms with Gasteiger partial charge in [0.2, 0.25) is 17.7 Å². The summed E-state index contributed by atoms with van der Waals surface area (Å²) in [5.41, 5.74) is 1.47. The van der Waals surface area contributed by atoms with Crippen molar-refractivity contribution in [2.75, 3.05) is 92.0 Å². The van der Waals surface area contributed by atoms with E-state index in [0.717, 1.165) is 81.2 Å². The van der Waals surface area contributed by atoms with Gasteiger partial charge in [0.25, 0.3) is 11.8 Å². The van der Waals surface area contributed by atoms with Crippen LogP contribution in [0.3, 0.4) is 0 Å². The molecule has 1 unspecified atom stereocenters. The van der Waals surface area contributed by atoms with Gasteiger partial charge < -0.3 is 24.9 Å². The van der Waals surface area contributed by atoms with E-state index in [1.165, 1.54) is 12.1 Å². The van der Waals surface area contributed by atoms with Crippen LogP contribution in [0.2, 0.25) is 0 Å². The molecule has 2 aromatic carbocycles. The van der Waals surface area contributed by atoms with Gasteiger partial charge in [0.1, 0.15) is 11.9 Å². The smallest absolute Gasteiger partial charge is 0.372 e. The number of aromatic nitrogens is 1. The molecule has 1 atom stereocenters. The lowest BCUT2D eigenvalue weighted by Gasteiger charge is -2.50. The number of fused-ring (bicyclic) bond motifs is 1. The summed E-state index contributed by atoms with van der Waals surface area (Å²) >= 11 is 0. The Kier molecular flexibility index (Phi) is 10.6. The van der Waals surface area contributed by atoms with E-state index < -0.39 is 47.1 Å². The molecule has 5 amide bonds. The van der Waals surface area contributed by atoms with Crippen molar-refractivity contribution in [1.29, 1.82) is 0 Å². The number of nitrogens with one attached hydrogen (secondary N) is 2. The standard InChI is InChI=1S/C43H45F3N10O5/c1-47-35-6-3-29(19-34(35)43(44,45)46)52-12-10-27(11-13-52)39(58)49-37-8-4-30(20-48-37)54-22-26(23-54)21-51-14-16-53(17-15-51)31-24-55(25-31)28-2-5-32-33(18-28)42(61)56(41(32)60)36-7-9-38(57)50-40(36)59/h2-6,8,18-20,26-27,31,36H,7,9-17,21-25H2,(H,48,49,58)(H,50,57,59). The highest BCUT2D eigenvalue weighted by Gasteiger charge is 2.45. The molecule has 0 spiro atoms. The number of pyridine rings is 1. The van der Waals surface area contributed by atoms with Crippen molar-refractivity contribution in [1.82, 2.24) is 25.0 Å². The lowest BCUT2D eigenvalue weighted by atomic mass is 9.95. The highest BCUT2D eigenvalue weighted by molar-refractivity contribution is 6.23. The Balaban J connectivity index is 0.677. The zero-order valence-corrected chi connectivity index (χ0v) is 33.4. The molecular weight excluding hydrogens is 794 g/mol. The summed E-state index contributed by atoms with van der Waals surface area (Å²) in [6.07, 6.45) is -1.66. The third kappa shape index (κ3) is 7.99. The number of piperazine rings is 1. The summed E-state index contributed by atoms with van der Waals surface area (Å²) in [5.74, 6) is -1.46. The molecule has 1 aromatic heterocycles. The van der Waals surface area contributed by atoms with Gasteiger partial charge in [-0.25, -0.2) is 9.83 Å². The molecule has 5 saturated heterocycles. The van der Waals surface area contributed by atoms with E-state index in [9.17, 15) is 37.1 Å². The summed E-state index contributed by atoms with van der Waals surface area (Å²) in [6.45, 7) is 16.4. The minimum atomic E-state index is -4.62. The molecule has 3 aromatic rings. The highest BCUT2D eigenvalue weighted by Crippen LogP contribution is 2.40. The maximum atomic E-state index is 13.5. The van der Waals surface area contributed by atoms with Crippen LogP contribution in [0, 0.1) is 18.4 Å². The van der Waals surface area contributed by atoms with Gasteiger partial charge in [-0.05, 0) is 61.7 Å². The molecule has 9 rings (SSSR count). The minimum Gasteiger partial charge on any atom is -0.372 e. The molecule has 15 nitrogen and oxygen atoms in total. The van der Waals surface area contributed by atoms with Crippen LogP contribution < -0.4 is 25.3 Å². The Bertz CT molecular complexity index is 2290. The van der Waals surface area contributed by atoms with Gasteiger partial charge in [-0.1, -0.05) is 6.07 Å². The van der Waals surface area contributed by atoms with Crippen molar-refractivity contribution in [3.63, 3.8) is 0 Å². The van der Waals surface area contributed by atoms with E-state index in [2.05, 4.69) is 40.1 Å². The lowest BCUT2D eigenvalue weighted by molar-refractivity contribution is -0.137. The van der Waals surface area contributed by atoms with Crippen molar-refractivity contribution in [2.45, 2.75) is 43.9 Å². The van der Waals surface area contributed by atoms with Crippen LogP contribution in [-0.2, 0) is 20.6 Å². The Morgan fingerprint density at radius 2 is 1.48 bits per heavy atom. The van der Waals surface area contributed by atoms with E-state index in [1.54, 1.807) is 24.4 Å². The number of alkyl halides is 3. The summed E-state index contributed by atoms with van der Waals surface area (Å²) in [4.78, 5) is 83.3. The average molecular weight is 839 g/mol. The minimum absolute atomic E-state index is 0.0822. The van der Waals surface area contributed by atoms with Gasteiger partial charge in [0.05, 0.1) is 35.1 Å². The predicted octanol–water partition coefficient (Wildman–Crippen LogP) is 3.85. The molecule has 6 aliphatic heterocycles. The number of nitrogens with zero attached hydrogens (tertiary/aromatic N) is 8. The Morgan fingerprint density at radius 3 is 2.15 bits per heavy atom. The monoisotopic (exact) mass is 838 g/mol. The van der Waals surface area contributed by atoms with Gasteiger partial charge in [-0.3, -0.25) is 39.1 Å². The molecule has 0 radical (unpaired) electrons. The molecule has 0 aliphatic carbocycles. The number of imide groups is 2. The quantitative estimate of drug-likeness (QED) is 0.240. The Labute approximate surface area is 350 Å². The van der Waals surface area contributed by atoms with Crippen LogP contribution in [0.4, 0.5) is 41.7 Å². The van der Waals surface area contributed by atoms with Crippen molar-refractivity contribution in [2.24, 2.45) is 11.8 Å². The van der Waals surface area contributed by atoms with Crippen LogP contribution in [0.1, 0.15) is 52.0 Å². The fraction of sp³-hybridized carbons (Fsp3) is 0.465. The fourth-order valence-electron chi connectivity index (χ4n) is 9.45. The molecule has 2 N–H and O–H groups in total. The second-order valence-corrected chi connectivity index (χ2v) is 16.8. The molecule has 7 heterocycles. The molecule has 5 fully saturated rings. The lowest BCUT2D eigenvalue weighted by Crippen LogP contribution is -2.64. The van der Waals surface area contributed by atoms with E-state index >= 15 is 0 Å². The number of benzene rings is 2. The summed E-state index contributed by atoms with van der Waals surface area (Å²) in [5, 5.41) is 5.14. The first-order chi connectivity index (χ1) is 29.3. The van der Waals surface area contributed by atoms with Gasteiger partial charge in [-0.15, -0.1) is 0 Å². The maximum absolute atomic E-state index is 13.5. The first kappa shape index (κ1) is 40.4. The summed E-state index contributed by atoms with van der Waals surface area (Å²) < 4.78 is 40.4. The number of hydrogen-bond donors (Lipinski definition) is 2. The third-order valence-electron chi connectivity index (χ3n) is 13.0. The summed E-state index contributed by atoms with van der Waals surface area (Å²) in [7, 11) is 0. The van der Waals surface area contributed by atoms with Gasteiger partial charge in [0.15, 0.2) is 5.69 Å². The van der Waals surface area contributed by atoms with E-state index in [1.807, 2.05) is 17.0 Å². The number of carbonyl (C=O) groups excluding carboxylic acids is 5. The highest BCUT2D eigenvalue weighted by atomic mass is 19.4. The number of anilines is 4. The van der Waals surface area contributed by atoms with Crippen molar-refractivity contribution < 1.29 is 37.1 Å². The molecular formula is C43H45F3N10O5. The zero-order valence-electron chi connectivity index (χ0n) is 33.4. The normalized spacial score (nSPS) is 22.2. The number of amides is 5. The van der Waals surface area contributed by atoms with Crippen LogP contribution in [0.25, 0.3) is 4.85 Å². The molecule has 318 valence electrons. The van der Waals surface area contributed by atoms with Gasteiger partial charge in [0, 0.05) is 108 Å². The SMILES string of the molecule is [C-]#[N+]c1ccc(N2CCC(C(=O)Nc3ccc(N4CC(CN5CCN(C6CN(c7ccc8c(c7)C(=O)N(C7CCC(=O)NC7=O)C8=O)C6)CC5)C4)cn3)CC2)cc1C(F)(F)F. The van der Waals surface area contributed by atoms with Crippen LogP contribution in [0.15, 0.2) is 54.7 Å². The topological polar surface area (TPSA) is 146 Å². The second-order valence-electron chi connectivity index (χ2n) is 16.8. The van der Waals surface area contributed by atoms with Crippen molar-refractivity contribution in [3.05, 3.63) is 82.8 Å². The fourth-order valence-corrected chi connectivity index (χ4v) is 9.45.